The molecule has 4 heteroatoms. The molecule has 0 bridgehead atoms. The molecule has 1 amide bonds. The highest BCUT2D eigenvalue weighted by Gasteiger charge is 2.15. The molecule has 1 heterocycles. The zero-order valence-corrected chi connectivity index (χ0v) is 13.5. The lowest BCUT2D eigenvalue weighted by Gasteiger charge is -2.11. The number of ketones is 1. The summed E-state index contributed by atoms with van der Waals surface area (Å²) in [6, 6.07) is 18.4. The van der Waals surface area contributed by atoms with E-state index in [4.69, 9.17) is 4.42 Å². The number of fused-ring (bicyclic) bond motifs is 1. The van der Waals surface area contributed by atoms with Crippen LogP contribution in [0.25, 0.3) is 11.0 Å². The van der Waals surface area contributed by atoms with Crippen molar-refractivity contribution in [2.45, 2.75) is 25.8 Å². The monoisotopic (exact) mass is 321 g/mol. The van der Waals surface area contributed by atoms with Gasteiger partial charge in [0.2, 0.25) is 5.91 Å². The second-order valence-corrected chi connectivity index (χ2v) is 5.76. The molecule has 0 radical (unpaired) electrons. The maximum Gasteiger partial charge on any atom is 0.221 e. The number of furan rings is 1. The minimum absolute atomic E-state index is 0.0258. The molecule has 0 fully saturated rings. The van der Waals surface area contributed by atoms with Crippen LogP contribution in [0.5, 0.6) is 0 Å². The van der Waals surface area contributed by atoms with E-state index in [1.807, 2.05) is 55.5 Å². The minimum Gasteiger partial charge on any atom is -0.459 e. The lowest BCUT2D eigenvalue weighted by molar-refractivity contribution is -0.121. The fraction of sp³-hybridized carbons (Fsp3) is 0.200. The SMILES string of the molecule is C[C@@H](NC(=O)CCC(=O)c1ccccc1)c1cc2ccccc2o1. The molecule has 3 rings (SSSR count). The molecule has 122 valence electrons. The van der Waals surface area contributed by atoms with Gasteiger partial charge < -0.3 is 9.73 Å². The maximum atomic E-state index is 12.1. The largest absolute Gasteiger partial charge is 0.459 e. The van der Waals surface area contributed by atoms with Crippen LogP contribution in [0, 0.1) is 0 Å². The molecule has 1 atom stereocenters. The maximum absolute atomic E-state index is 12.1. The topological polar surface area (TPSA) is 59.3 Å². The van der Waals surface area contributed by atoms with Gasteiger partial charge in [-0.15, -0.1) is 0 Å². The second kappa shape index (κ2) is 7.13. The molecule has 0 saturated carbocycles. The predicted octanol–water partition coefficient (Wildman–Crippen LogP) is 4.27. The summed E-state index contributed by atoms with van der Waals surface area (Å²) >= 11 is 0. The molecule has 0 aliphatic rings. The molecule has 0 saturated heterocycles. The third kappa shape index (κ3) is 3.71. The quantitative estimate of drug-likeness (QED) is 0.690. The van der Waals surface area contributed by atoms with Crippen LogP contribution in [0.15, 0.2) is 65.1 Å². The van der Waals surface area contributed by atoms with E-state index in [1.165, 1.54) is 0 Å². The van der Waals surface area contributed by atoms with E-state index in [2.05, 4.69) is 5.32 Å². The van der Waals surface area contributed by atoms with E-state index >= 15 is 0 Å². The van der Waals surface area contributed by atoms with Crippen LogP contribution in [-0.4, -0.2) is 11.7 Å². The van der Waals surface area contributed by atoms with Crippen LogP contribution >= 0.6 is 0 Å². The molecular formula is C20H19NO3. The molecule has 2 aromatic carbocycles. The highest BCUT2D eigenvalue weighted by Crippen LogP contribution is 2.23. The van der Waals surface area contributed by atoms with Crippen LogP contribution < -0.4 is 5.32 Å². The van der Waals surface area contributed by atoms with Gasteiger partial charge in [0.05, 0.1) is 6.04 Å². The van der Waals surface area contributed by atoms with E-state index < -0.39 is 0 Å². The number of hydrogen-bond donors (Lipinski definition) is 1. The van der Waals surface area contributed by atoms with Crippen molar-refractivity contribution in [3.05, 3.63) is 72.0 Å². The molecule has 24 heavy (non-hydrogen) atoms. The third-order valence-corrected chi connectivity index (χ3v) is 3.92. The Kier molecular flexibility index (Phi) is 4.75. The predicted molar refractivity (Wildman–Crippen MR) is 92.8 cm³/mol. The summed E-state index contributed by atoms with van der Waals surface area (Å²) in [4.78, 5) is 24.1. The number of amides is 1. The number of carbonyl (C=O) groups excluding carboxylic acids is 2. The van der Waals surface area contributed by atoms with Gasteiger partial charge in [-0.1, -0.05) is 48.5 Å². The van der Waals surface area contributed by atoms with Gasteiger partial charge in [-0.2, -0.15) is 0 Å². The van der Waals surface area contributed by atoms with Crippen molar-refractivity contribution in [2.24, 2.45) is 0 Å². The molecule has 0 aliphatic carbocycles. The Morgan fingerprint density at radius 1 is 1.00 bits per heavy atom. The fourth-order valence-corrected chi connectivity index (χ4v) is 2.60. The first kappa shape index (κ1) is 16.0. The van der Waals surface area contributed by atoms with E-state index in [1.54, 1.807) is 12.1 Å². The van der Waals surface area contributed by atoms with Crippen LogP contribution in [0.4, 0.5) is 0 Å². The number of rotatable bonds is 6. The summed E-state index contributed by atoms with van der Waals surface area (Å²) < 4.78 is 5.74. The number of benzene rings is 2. The van der Waals surface area contributed by atoms with E-state index in [0.29, 0.717) is 11.3 Å². The Morgan fingerprint density at radius 2 is 1.71 bits per heavy atom. The summed E-state index contributed by atoms with van der Waals surface area (Å²) in [6.45, 7) is 1.87. The number of Topliss-reactive ketones (excluding diaryl/α,β-unsaturated/α-hetero) is 1. The number of para-hydroxylation sites is 1. The zero-order valence-electron chi connectivity index (χ0n) is 13.5. The first-order valence-corrected chi connectivity index (χ1v) is 7.99. The Bertz CT molecular complexity index is 818. The molecular weight excluding hydrogens is 302 g/mol. The lowest BCUT2D eigenvalue weighted by atomic mass is 10.1. The van der Waals surface area contributed by atoms with Gasteiger partial charge in [-0.05, 0) is 19.1 Å². The second-order valence-electron chi connectivity index (χ2n) is 5.76. The Labute approximate surface area is 140 Å². The van der Waals surface area contributed by atoms with Gasteiger partial charge in [0.15, 0.2) is 5.78 Å². The van der Waals surface area contributed by atoms with Crippen molar-refractivity contribution < 1.29 is 14.0 Å². The van der Waals surface area contributed by atoms with Crippen molar-refractivity contribution >= 4 is 22.7 Å². The van der Waals surface area contributed by atoms with E-state index in [-0.39, 0.29) is 30.6 Å². The minimum atomic E-state index is -0.239. The number of carbonyl (C=O) groups is 2. The van der Waals surface area contributed by atoms with Gasteiger partial charge in [-0.25, -0.2) is 0 Å². The molecule has 4 nitrogen and oxygen atoms in total. The van der Waals surface area contributed by atoms with Crippen molar-refractivity contribution in [3.8, 4) is 0 Å². The fourth-order valence-electron chi connectivity index (χ4n) is 2.60. The highest BCUT2D eigenvalue weighted by molar-refractivity contribution is 5.97. The van der Waals surface area contributed by atoms with E-state index in [0.717, 1.165) is 11.0 Å². The molecule has 0 aliphatic heterocycles. The van der Waals surface area contributed by atoms with Crippen molar-refractivity contribution in [1.29, 1.82) is 0 Å². The summed E-state index contributed by atoms with van der Waals surface area (Å²) in [6.07, 6.45) is 0.362. The number of hydrogen-bond acceptors (Lipinski definition) is 3. The van der Waals surface area contributed by atoms with Gasteiger partial charge in [-0.3, -0.25) is 9.59 Å². The van der Waals surface area contributed by atoms with Crippen LogP contribution in [-0.2, 0) is 4.79 Å². The summed E-state index contributed by atoms with van der Waals surface area (Å²) in [5.74, 6) is 0.522. The smallest absolute Gasteiger partial charge is 0.221 e. The van der Waals surface area contributed by atoms with Crippen molar-refractivity contribution in [3.63, 3.8) is 0 Å². The highest BCUT2D eigenvalue weighted by atomic mass is 16.3. The summed E-state index contributed by atoms with van der Waals surface area (Å²) in [5.41, 5.74) is 1.43. The zero-order chi connectivity index (χ0) is 16.9. The van der Waals surface area contributed by atoms with Crippen LogP contribution in [0.2, 0.25) is 0 Å². The average Bonchev–Trinajstić information content (AvgIpc) is 3.05. The standard InChI is InChI=1S/C20H19NO3/c1-14(19-13-16-9-5-6-10-18(16)24-19)21-20(23)12-11-17(22)15-7-3-2-4-8-15/h2-10,13-14H,11-12H2,1H3,(H,21,23)/t14-/m1/s1. The van der Waals surface area contributed by atoms with Gasteiger partial charge in [0.1, 0.15) is 11.3 Å². The summed E-state index contributed by atoms with van der Waals surface area (Å²) in [5, 5.41) is 3.89. The average molecular weight is 321 g/mol. The van der Waals surface area contributed by atoms with Gasteiger partial charge in [0.25, 0.3) is 0 Å². The molecule has 0 unspecified atom stereocenters. The molecule has 1 aromatic heterocycles. The number of nitrogens with one attached hydrogen (secondary N) is 1. The van der Waals surface area contributed by atoms with Crippen LogP contribution in [0.3, 0.4) is 0 Å². The first-order chi connectivity index (χ1) is 11.6. The Hall–Kier alpha value is -2.88. The van der Waals surface area contributed by atoms with Gasteiger partial charge >= 0.3 is 0 Å². The Morgan fingerprint density at radius 3 is 2.46 bits per heavy atom. The third-order valence-electron chi connectivity index (χ3n) is 3.92. The lowest BCUT2D eigenvalue weighted by Crippen LogP contribution is -2.26. The normalized spacial score (nSPS) is 12.0. The first-order valence-electron chi connectivity index (χ1n) is 7.99. The van der Waals surface area contributed by atoms with Gasteiger partial charge in [0, 0.05) is 23.8 Å². The van der Waals surface area contributed by atoms with Crippen molar-refractivity contribution in [1.82, 2.24) is 5.32 Å². The van der Waals surface area contributed by atoms with E-state index in [9.17, 15) is 9.59 Å². The van der Waals surface area contributed by atoms with Crippen molar-refractivity contribution in [2.75, 3.05) is 0 Å². The summed E-state index contributed by atoms with van der Waals surface area (Å²) in [7, 11) is 0. The molecule has 1 N–H and O–H groups in total. The molecule has 3 aromatic rings. The van der Waals surface area contributed by atoms with Crippen LogP contribution in [0.1, 0.15) is 41.9 Å². The molecule has 0 spiro atoms. The Balaban J connectivity index is 1.55.